The zero-order chi connectivity index (χ0) is 18.1. The first-order chi connectivity index (χ1) is 11.8. The van der Waals surface area contributed by atoms with Gasteiger partial charge in [-0.15, -0.1) is 0 Å². The standard InChI is InChI=1S/C15H17N7O2S/c1-7-4-10(9(3)22(7)12-5-8(2)24-21-12)11(23)6-25-15-19-13(16)18-14(17)20-15/h4-5H,6H2,1-3H3,(H4,16,17,18,19,20). The highest BCUT2D eigenvalue weighted by Gasteiger charge is 2.19. The van der Waals surface area contributed by atoms with Gasteiger partial charge in [-0.25, -0.2) is 0 Å². The second kappa shape index (κ2) is 6.55. The van der Waals surface area contributed by atoms with Crippen molar-refractivity contribution in [2.24, 2.45) is 0 Å². The molecule has 10 heteroatoms. The van der Waals surface area contributed by atoms with Gasteiger partial charge in [0.25, 0.3) is 0 Å². The van der Waals surface area contributed by atoms with Gasteiger partial charge in [-0.05, 0) is 26.8 Å². The van der Waals surface area contributed by atoms with Crippen LogP contribution >= 0.6 is 11.8 Å². The highest BCUT2D eigenvalue weighted by atomic mass is 32.2. The average molecular weight is 359 g/mol. The molecule has 0 saturated heterocycles. The molecule has 3 rings (SSSR count). The molecule has 3 heterocycles. The average Bonchev–Trinajstić information content (AvgIpc) is 3.07. The van der Waals surface area contributed by atoms with Crippen LogP contribution in [0.2, 0.25) is 0 Å². The maximum atomic E-state index is 12.6. The predicted octanol–water partition coefficient (Wildman–Crippen LogP) is 1.71. The van der Waals surface area contributed by atoms with E-state index in [2.05, 4.69) is 20.1 Å². The molecule has 0 aromatic carbocycles. The number of hydrogen-bond donors (Lipinski definition) is 2. The lowest BCUT2D eigenvalue weighted by Gasteiger charge is -2.05. The summed E-state index contributed by atoms with van der Waals surface area (Å²) in [7, 11) is 0. The fourth-order valence-electron chi connectivity index (χ4n) is 2.52. The Balaban J connectivity index is 1.81. The number of rotatable bonds is 5. The van der Waals surface area contributed by atoms with Crippen molar-refractivity contribution in [3.8, 4) is 5.82 Å². The van der Waals surface area contributed by atoms with Crippen LogP contribution in [0.1, 0.15) is 27.5 Å². The molecule has 3 aromatic rings. The van der Waals surface area contributed by atoms with Gasteiger partial charge in [0.15, 0.2) is 16.8 Å². The fraction of sp³-hybridized carbons (Fsp3) is 0.267. The third kappa shape index (κ3) is 3.48. The molecular formula is C15H17N7O2S. The summed E-state index contributed by atoms with van der Waals surface area (Å²) in [5.74, 6) is 1.52. The number of nitrogens with zero attached hydrogens (tertiary/aromatic N) is 5. The minimum atomic E-state index is -0.0536. The Morgan fingerprint density at radius 3 is 2.44 bits per heavy atom. The number of carbonyl (C=O) groups excluding carboxylic acids is 1. The summed E-state index contributed by atoms with van der Waals surface area (Å²) in [4.78, 5) is 24.2. The van der Waals surface area contributed by atoms with Crippen molar-refractivity contribution in [3.05, 3.63) is 34.8 Å². The van der Waals surface area contributed by atoms with Gasteiger partial charge < -0.3 is 16.0 Å². The van der Waals surface area contributed by atoms with Gasteiger partial charge in [-0.1, -0.05) is 16.9 Å². The molecule has 0 aliphatic rings. The number of hydrogen-bond acceptors (Lipinski definition) is 9. The van der Waals surface area contributed by atoms with E-state index in [1.165, 1.54) is 0 Å². The Labute approximate surface area is 147 Å². The lowest BCUT2D eigenvalue weighted by molar-refractivity contribution is 0.102. The maximum Gasteiger partial charge on any atom is 0.225 e. The van der Waals surface area contributed by atoms with Gasteiger partial charge in [-0.2, -0.15) is 15.0 Å². The maximum absolute atomic E-state index is 12.6. The van der Waals surface area contributed by atoms with E-state index in [4.69, 9.17) is 16.0 Å². The van der Waals surface area contributed by atoms with Crippen LogP contribution in [-0.2, 0) is 0 Å². The van der Waals surface area contributed by atoms with Crippen molar-refractivity contribution in [2.45, 2.75) is 25.9 Å². The lowest BCUT2D eigenvalue weighted by atomic mass is 10.2. The van der Waals surface area contributed by atoms with Crippen molar-refractivity contribution >= 4 is 29.4 Å². The van der Waals surface area contributed by atoms with Crippen LogP contribution in [0.3, 0.4) is 0 Å². The van der Waals surface area contributed by atoms with Crippen LogP contribution < -0.4 is 11.5 Å². The molecule has 0 atom stereocenters. The zero-order valence-corrected chi connectivity index (χ0v) is 14.8. The summed E-state index contributed by atoms with van der Waals surface area (Å²) < 4.78 is 7.00. The molecule has 0 bridgehead atoms. The number of aryl methyl sites for hydroxylation is 2. The zero-order valence-electron chi connectivity index (χ0n) is 14.0. The van der Waals surface area contributed by atoms with Gasteiger partial charge in [0, 0.05) is 23.0 Å². The third-order valence-electron chi connectivity index (χ3n) is 3.56. The Morgan fingerprint density at radius 1 is 1.16 bits per heavy atom. The Bertz CT molecular complexity index is 927. The second-order valence-corrected chi connectivity index (χ2v) is 6.40. The summed E-state index contributed by atoms with van der Waals surface area (Å²) in [6.45, 7) is 5.60. The van der Waals surface area contributed by atoms with Gasteiger partial charge >= 0.3 is 0 Å². The van der Waals surface area contributed by atoms with Crippen molar-refractivity contribution in [2.75, 3.05) is 17.2 Å². The minimum absolute atomic E-state index is 0.0297. The largest absolute Gasteiger partial charge is 0.368 e. The van der Waals surface area contributed by atoms with Crippen LogP contribution in [0.15, 0.2) is 21.8 Å². The molecule has 0 spiro atoms. The van der Waals surface area contributed by atoms with Crippen LogP contribution in [-0.4, -0.2) is 36.2 Å². The molecule has 0 aliphatic carbocycles. The molecule has 0 aliphatic heterocycles. The summed E-state index contributed by atoms with van der Waals surface area (Å²) >= 11 is 1.16. The molecule has 0 saturated carbocycles. The van der Waals surface area contributed by atoms with Crippen LogP contribution in [0.25, 0.3) is 5.82 Å². The first-order valence-corrected chi connectivity index (χ1v) is 8.39. The SMILES string of the molecule is Cc1cc(-n2c(C)cc(C(=O)CSc3nc(N)nc(N)n3)c2C)no1. The van der Waals surface area contributed by atoms with Gasteiger partial charge in [0.05, 0.1) is 5.75 Å². The number of carbonyl (C=O) groups is 1. The molecule has 0 fully saturated rings. The molecule has 0 amide bonds. The third-order valence-corrected chi connectivity index (χ3v) is 4.41. The highest BCUT2D eigenvalue weighted by molar-refractivity contribution is 7.99. The van der Waals surface area contributed by atoms with Crippen molar-refractivity contribution in [3.63, 3.8) is 0 Å². The number of anilines is 2. The molecule has 4 N–H and O–H groups in total. The number of ketones is 1. The van der Waals surface area contributed by atoms with Gasteiger partial charge in [-0.3, -0.25) is 9.36 Å². The molecule has 0 unspecified atom stereocenters. The van der Waals surface area contributed by atoms with E-state index in [0.717, 1.165) is 23.1 Å². The Kier molecular flexibility index (Phi) is 4.45. The molecule has 130 valence electrons. The quantitative estimate of drug-likeness (QED) is 0.514. The Morgan fingerprint density at radius 2 is 1.84 bits per heavy atom. The fourth-order valence-corrected chi connectivity index (χ4v) is 3.25. The first-order valence-electron chi connectivity index (χ1n) is 7.41. The highest BCUT2D eigenvalue weighted by Crippen LogP contribution is 2.23. The first kappa shape index (κ1) is 17.0. The van der Waals surface area contributed by atoms with Gasteiger partial charge in [0.1, 0.15) is 5.76 Å². The van der Waals surface area contributed by atoms with E-state index < -0.39 is 0 Å². The normalized spacial score (nSPS) is 11.0. The van der Waals surface area contributed by atoms with Crippen LogP contribution in [0.5, 0.6) is 0 Å². The van der Waals surface area contributed by atoms with Crippen LogP contribution in [0, 0.1) is 20.8 Å². The summed E-state index contributed by atoms with van der Waals surface area (Å²) in [6.07, 6.45) is 0. The van der Waals surface area contributed by atoms with E-state index in [1.807, 2.05) is 37.5 Å². The monoisotopic (exact) mass is 359 g/mol. The predicted molar refractivity (Wildman–Crippen MR) is 93.7 cm³/mol. The number of nitrogen functional groups attached to an aromatic ring is 2. The lowest BCUT2D eigenvalue weighted by Crippen LogP contribution is -2.08. The number of aromatic nitrogens is 5. The van der Waals surface area contributed by atoms with E-state index in [1.54, 1.807) is 0 Å². The summed E-state index contributed by atoms with van der Waals surface area (Å²) in [5, 5.41) is 4.33. The van der Waals surface area contributed by atoms with Crippen LogP contribution in [0.4, 0.5) is 11.9 Å². The van der Waals surface area contributed by atoms with E-state index in [9.17, 15) is 4.79 Å². The molecular weight excluding hydrogens is 342 g/mol. The number of Topliss-reactive ketones (excluding diaryl/α,β-unsaturated/α-hetero) is 1. The minimum Gasteiger partial charge on any atom is -0.368 e. The van der Waals surface area contributed by atoms with E-state index in [-0.39, 0.29) is 23.4 Å². The summed E-state index contributed by atoms with van der Waals surface area (Å²) in [5.41, 5.74) is 13.4. The van der Waals surface area contributed by atoms with Crippen molar-refractivity contribution < 1.29 is 9.32 Å². The smallest absolute Gasteiger partial charge is 0.225 e. The number of thioether (sulfide) groups is 1. The van der Waals surface area contributed by atoms with E-state index >= 15 is 0 Å². The molecule has 0 radical (unpaired) electrons. The number of nitrogens with two attached hydrogens (primary N) is 2. The molecule has 25 heavy (non-hydrogen) atoms. The van der Waals surface area contributed by atoms with Crippen molar-refractivity contribution in [1.82, 2.24) is 24.7 Å². The second-order valence-electron chi connectivity index (χ2n) is 5.46. The van der Waals surface area contributed by atoms with E-state index in [0.29, 0.717) is 22.3 Å². The Hall–Kier alpha value is -2.88. The summed E-state index contributed by atoms with van der Waals surface area (Å²) in [6, 6.07) is 3.65. The molecule has 9 nitrogen and oxygen atoms in total. The van der Waals surface area contributed by atoms with Gasteiger partial charge in [0.2, 0.25) is 11.9 Å². The van der Waals surface area contributed by atoms with Crippen molar-refractivity contribution in [1.29, 1.82) is 0 Å². The topological polar surface area (TPSA) is 139 Å². The molecule has 3 aromatic heterocycles.